The van der Waals surface area contributed by atoms with Crippen molar-refractivity contribution in [2.45, 2.75) is 50.6 Å². The Balaban J connectivity index is 1.51. The number of nitrogens with one attached hydrogen (secondary N) is 1. The maximum atomic E-state index is 13.3. The largest absolute Gasteiger partial charge is 0.473 e. The van der Waals surface area contributed by atoms with Gasteiger partial charge in [0, 0.05) is 35.8 Å². The van der Waals surface area contributed by atoms with Crippen molar-refractivity contribution >= 4 is 33.3 Å². The Bertz CT molecular complexity index is 1340. The van der Waals surface area contributed by atoms with Crippen LogP contribution in [0.25, 0.3) is 0 Å². The minimum Gasteiger partial charge on any atom is -0.473 e. The highest BCUT2D eigenvalue weighted by atomic mass is 35.5. The monoisotopic (exact) mass is 534 g/mol. The number of anilines is 1. The number of nitrogens with zero attached hydrogens (tertiary/aromatic N) is 3. The number of allylic oxidation sites excluding steroid dienone is 3. The van der Waals surface area contributed by atoms with E-state index in [1.807, 2.05) is 4.90 Å². The van der Waals surface area contributed by atoms with Gasteiger partial charge >= 0.3 is 0 Å². The van der Waals surface area contributed by atoms with Crippen LogP contribution in [0, 0.1) is 5.92 Å². The normalized spacial score (nSPS) is 19.8. The topological polar surface area (TPSA) is 101 Å². The molecular formula is C25H28ClFN4O4S. The molecule has 2 aliphatic rings. The molecule has 1 unspecified atom stereocenters. The van der Waals surface area contributed by atoms with Gasteiger partial charge in [0.2, 0.25) is 5.88 Å². The molecule has 2 aromatic heterocycles. The van der Waals surface area contributed by atoms with Gasteiger partial charge in [0.05, 0.1) is 5.56 Å². The van der Waals surface area contributed by atoms with Crippen LogP contribution in [0.3, 0.4) is 0 Å². The molecule has 11 heteroatoms. The molecule has 1 aliphatic heterocycles. The van der Waals surface area contributed by atoms with Crippen molar-refractivity contribution in [3.8, 4) is 5.88 Å². The van der Waals surface area contributed by atoms with Crippen molar-refractivity contribution in [2.75, 3.05) is 18.1 Å². The number of rotatable bonds is 7. The number of halogens is 2. The zero-order valence-electron chi connectivity index (χ0n) is 20.3. The first-order valence-corrected chi connectivity index (χ1v) is 13.5. The second-order valence-corrected chi connectivity index (χ2v) is 11.7. The molecule has 36 heavy (non-hydrogen) atoms. The van der Waals surface area contributed by atoms with Crippen LogP contribution in [0.5, 0.6) is 5.88 Å². The molecule has 1 atom stereocenters. The number of hydrogen-bond donors (Lipinski definition) is 1. The standard InChI is InChI=1S/C25H28ClFN4O4S/c1-16-13-25(2,3)31(14-16)23-19(6-5-11-28-23)24(32)30-36(33,34)22-8-4-7-21(29-22)35-15-17-9-10-18(27)12-20(17)26/h4-8,11-12,16H,9-10,13-15H2,1-3H3,(H,30,32). The third kappa shape index (κ3) is 5.70. The van der Waals surface area contributed by atoms with Gasteiger partial charge < -0.3 is 9.64 Å². The molecule has 1 aliphatic carbocycles. The van der Waals surface area contributed by atoms with Crippen LogP contribution < -0.4 is 14.4 Å². The fourth-order valence-corrected chi connectivity index (χ4v) is 5.80. The molecule has 4 rings (SSSR count). The minimum absolute atomic E-state index is 0.0344. The summed E-state index contributed by atoms with van der Waals surface area (Å²) < 4.78 is 47.1. The number of hydrogen-bond acceptors (Lipinski definition) is 7. The van der Waals surface area contributed by atoms with E-state index >= 15 is 0 Å². The highest BCUT2D eigenvalue weighted by Crippen LogP contribution is 2.37. The summed E-state index contributed by atoms with van der Waals surface area (Å²) in [6.45, 7) is 7.02. The molecule has 192 valence electrons. The van der Waals surface area contributed by atoms with E-state index in [9.17, 15) is 17.6 Å². The van der Waals surface area contributed by atoms with Crippen LogP contribution >= 0.6 is 11.6 Å². The van der Waals surface area contributed by atoms with E-state index in [1.54, 1.807) is 18.3 Å². The van der Waals surface area contributed by atoms with E-state index in [2.05, 4.69) is 35.5 Å². The molecule has 2 aromatic rings. The first-order valence-electron chi connectivity index (χ1n) is 11.6. The maximum Gasteiger partial charge on any atom is 0.281 e. The van der Waals surface area contributed by atoms with Crippen LogP contribution in [-0.2, 0) is 10.0 Å². The van der Waals surface area contributed by atoms with Crippen LogP contribution in [-0.4, -0.2) is 43.0 Å². The molecule has 0 bridgehead atoms. The molecular weight excluding hydrogens is 507 g/mol. The molecule has 0 saturated carbocycles. The number of amides is 1. The van der Waals surface area contributed by atoms with Crippen LogP contribution in [0.4, 0.5) is 10.2 Å². The number of ether oxygens (including phenoxy) is 1. The fourth-order valence-electron chi connectivity index (χ4n) is 4.61. The third-order valence-electron chi connectivity index (χ3n) is 6.24. The zero-order chi connectivity index (χ0) is 26.1. The second-order valence-electron chi connectivity index (χ2n) is 9.69. The van der Waals surface area contributed by atoms with Gasteiger partial charge in [-0.05, 0) is 62.5 Å². The highest BCUT2D eigenvalue weighted by molar-refractivity contribution is 7.90. The van der Waals surface area contributed by atoms with E-state index in [-0.39, 0.29) is 45.9 Å². The van der Waals surface area contributed by atoms with Crippen molar-refractivity contribution in [3.05, 3.63) is 64.6 Å². The molecule has 0 radical (unpaired) electrons. The molecule has 1 fully saturated rings. The van der Waals surface area contributed by atoms with Crippen LogP contribution in [0.1, 0.15) is 50.4 Å². The molecule has 8 nitrogen and oxygen atoms in total. The first kappa shape index (κ1) is 26.1. The Kier molecular flexibility index (Phi) is 7.38. The smallest absolute Gasteiger partial charge is 0.281 e. The van der Waals surface area contributed by atoms with E-state index in [0.717, 1.165) is 6.42 Å². The summed E-state index contributed by atoms with van der Waals surface area (Å²) in [6, 6.07) is 7.36. The van der Waals surface area contributed by atoms with Crippen molar-refractivity contribution < 1.29 is 22.3 Å². The third-order valence-corrected chi connectivity index (χ3v) is 7.85. The van der Waals surface area contributed by atoms with Crippen molar-refractivity contribution in [3.63, 3.8) is 0 Å². The maximum absolute atomic E-state index is 13.3. The predicted octanol–water partition coefficient (Wildman–Crippen LogP) is 4.74. The molecule has 0 spiro atoms. The number of sulfonamides is 1. The average molecular weight is 535 g/mol. The number of carbonyl (C=O) groups excluding carboxylic acids is 1. The molecule has 1 saturated heterocycles. The Morgan fingerprint density at radius 3 is 2.75 bits per heavy atom. The molecule has 1 amide bonds. The molecule has 3 heterocycles. The number of aromatic nitrogens is 2. The lowest BCUT2D eigenvalue weighted by atomic mass is 9.97. The summed E-state index contributed by atoms with van der Waals surface area (Å²) in [7, 11) is -4.31. The van der Waals surface area contributed by atoms with Crippen LogP contribution in [0.2, 0.25) is 0 Å². The van der Waals surface area contributed by atoms with E-state index < -0.39 is 15.9 Å². The van der Waals surface area contributed by atoms with Gasteiger partial charge in [-0.25, -0.2) is 14.1 Å². The zero-order valence-corrected chi connectivity index (χ0v) is 21.9. The summed E-state index contributed by atoms with van der Waals surface area (Å²) in [5.41, 5.74) is 0.618. The Hall–Kier alpha value is -2.98. The highest BCUT2D eigenvalue weighted by Gasteiger charge is 2.39. The van der Waals surface area contributed by atoms with Crippen molar-refractivity contribution in [1.29, 1.82) is 0 Å². The van der Waals surface area contributed by atoms with Crippen LogP contribution in [0.15, 0.2) is 64.1 Å². The number of pyridine rings is 2. The van der Waals surface area contributed by atoms with Crippen molar-refractivity contribution in [1.82, 2.24) is 14.7 Å². The van der Waals surface area contributed by atoms with E-state index in [4.69, 9.17) is 16.3 Å². The van der Waals surface area contributed by atoms with Crippen molar-refractivity contribution in [2.24, 2.45) is 5.92 Å². The van der Waals surface area contributed by atoms with Gasteiger partial charge in [0.25, 0.3) is 15.9 Å². The Morgan fingerprint density at radius 2 is 2.06 bits per heavy atom. The fraction of sp³-hybridized carbons (Fsp3) is 0.400. The Morgan fingerprint density at radius 1 is 1.28 bits per heavy atom. The van der Waals surface area contributed by atoms with Gasteiger partial charge in [0.1, 0.15) is 18.3 Å². The first-order chi connectivity index (χ1) is 17.0. The van der Waals surface area contributed by atoms with Gasteiger partial charge in [-0.3, -0.25) is 4.79 Å². The van der Waals surface area contributed by atoms with Gasteiger partial charge in [-0.2, -0.15) is 13.4 Å². The summed E-state index contributed by atoms with van der Waals surface area (Å²) in [6.07, 6.45) is 4.37. The predicted molar refractivity (Wildman–Crippen MR) is 135 cm³/mol. The lowest BCUT2D eigenvalue weighted by Gasteiger charge is -2.33. The lowest BCUT2D eigenvalue weighted by Crippen LogP contribution is -2.41. The molecule has 0 aromatic carbocycles. The van der Waals surface area contributed by atoms with E-state index in [1.165, 1.54) is 24.3 Å². The minimum atomic E-state index is -4.31. The number of carbonyl (C=O) groups is 1. The average Bonchev–Trinajstić information content (AvgIpc) is 3.10. The Labute approximate surface area is 215 Å². The van der Waals surface area contributed by atoms with Gasteiger partial charge in [0.15, 0.2) is 5.03 Å². The van der Waals surface area contributed by atoms with Gasteiger partial charge in [-0.15, -0.1) is 0 Å². The molecule has 1 N–H and O–H groups in total. The SMILES string of the molecule is CC1CN(c2ncccc2C(=O)NS(=O)(=O)c2cccc(OCC3=C(Cl)C=C(F)CC3)n2)C(C)(C)C1. The summed E-state index contributed by atoms with van der Waals surface area (Å²) >= 11 is 6.06. The summed E-state index contributed by atoms with van der Waals surface area (Å²) in [5.74, 6) is -0.220. The summed E-state index contributed by atoms with van der Waals surface area (Å²) in [5, 5.41) is -0.110. The van der Waals surface area contributed by atoms with E-state index in [0.29, 0.717) is 30.3 Å². The summed E-state index contributed by atoms with van der Waals surface area (Å²) in [4.78, 5) is 23.6. The quantitative estimate of drug-likeness (QED) is 0.547. The lowest BCUT2D eigenvalue weighted by molar-refractivity contribution is 0.0981. The van der Waals surface area contributed by atoms with Gasteiger partial charge in [-0.1, -0.05) is 24.6 Å². The second kappa shape index (κ2) is 10.2.